The maximum atomic E-state index is 12.4. The minimum Gasteiger partial charge on any atom is -0.368 e. The molecular weight excluding hydrogens is 270 g/mol. The lowest BCUT2D eigenvalue weighted by Crippen LogP contribution is -2.53. The number of nitrogens with one attached hydrogen (secondary N) is 2. The third-order valence-electron chi connectivity index (χ3n) is 3.88. The van der Waals surface area contributed by atoms with Crippen LogP contribution < -0.4 is 16.4 Å². The molecule has 6 nitrogen and oxygen atoms in total. The lowest BCUT2D eigenvalue weighted by molar-refractivity contribution is -0.146. The van der Waals surface area contributed by atoms with Gasteiger partial charge in [-0.05, 0) is 43.6 Å². The fourth-order valence-corrected chi connectivity index (χ4v) is 2.53. The summed E-state index contributed by atoms with van der Waals surface area (Å²) >= 11 is 0. The zero-order valence-corrected chi connectivity index (χ0v) is 12.1. The Balaban J connectivity index is 2.00. The molecule has 1 aromatic carbocycles. The van der Waals surface area contributed by atoms with Crippen molar-refractivity contribution in [2.24, 2.45) is 5.73 Å². The molecule has 0 radical (unpaired) electrons. The topological polar surface area (TPSA) is 93.4 Å². The molecule has 6 heteroatoms. The van der Waals surface area contributed by atoms with E-state index in [1.165, 1.54) is 0 Å². The first-order valence-electron chi connectivity index (χ1n) is 7.00. The van der Waals surface area contributed by atoms with Crippen molar-refractivity contribution in [2.75, 3.05) is 20.2 Å². The molecule has 0 atom stereocenters. The van der Waals surface area contributed by atoms with Gasteiger partial charge in [-0.25, -0.2) is 0 Å². The summed E-state index contributed by atoms with van der Waals surface area (Å²) < 4.78 is 5.46. The molecule has 4 N–H and O–H groups in total. The van der Waals surface area contributed by atoms with Crippen LogP contribution in [0.5, 0.6) is 0 Å². The number of primary amides is 1. The molecule has 2 rings (SSSR count). The maximum absolute atomic E-state index is 12.4. The van der Waals surface area contributed by atoms with Crippen LogP contribution in [0.25, 0.3) is 0 Å². The van der Waals surface area contributed by atoms with Crippen LogP contribution in [0.2, 0.25) is 0 Å². The van der Waals surface area contributed by atoms with Gasteiger partial charge in [0.2, 0.25) is 5.91 Å². The zero-order chi connectivity index (χ0) is 15.3. The molecule has 1 heterocycles. The van der Waals surface area contributed by atoms with Crippen molar-refractivity contribution in [1.29, 1.82) is 0 Å². The van der Waals surface area contributed by atoms with E-state index in [0.29, 0.717) is 24.9 Å². The van der Waals surface area contributed by atoms with Gasteiger partial charge >= 0.3 is 0 Å². The highest BCUT2D eigenvalue weighted by Crippen LogP contribution is 2.22. The van der Waals surface area contributed by atoms with Crippen molar-refractivity contribution in [3.8, 4) is 0 Å². The normalized spacial score (nSPS) is 17.2. The largest absolute Gasteiger partial charge is 0.368 e. The van der Waals surface area contributed by atoms with Crippen LogP contribution in [0.3, 0.4) is 0 Å². The summed E-state index contributed by atoms with van der Waals surface area (Å²) in [4.78, 5) is 23.5. The molecule has 1 fully saturated rings. The van der Waals surface area contributed by atoms with Crippen LogP contribution in [0.1, 0.15) is 28.8 Å². The third kappa shape index (κ3) is 3.59. The predicted molar refractivity (Wildman–Crippen MR) is 78.7 cm³/mol. The number of nitrogens with two attached hydrogens (primary N) is 1. The van der Waals surface area contributed by atoms with Gasteiger partial charge in [0.05, 0.1) is 0 Å². The van der Waals surface area contributed by atoms with Crippen molar-refractivity contribution in [3.63, 3.8) is 0 Å². The van der Waals surface area contributed by atoms with Gasteiger partial charge in [0.1, 0.15) is 5.60 Å². The first kappa shape index (κ1) is 15.5. The number of amides is 2. The second-order valence-electron chi connectivity index (χ2n) is 5.20. The van der Waals surface area contributed by atoms with Crippen LogP contribution in [0.4, 0.5) is 0 Å². The number of carbonyl (C=O) groups excluding carboxylic acids is 2. The quantitative estimate of drug-likeness (QED) is 0.721. The minimum absolute atomic E-state index is 0.115. The molecule has 0 saturated carbocycles. The van der Waals surface area contributed by atoms with Gasteiger partial charge in [0.25, 0.3) is 5.91 Å². The van der Waals surface area contributed by atoms with Crippen molar-refractivity contribution < 1.29 is 14.3 Å². The summed E-state index contributed by atoms with van der Waals surface area (Å²) in [6, 6.07) is 6.93. The van der Waals surface area contributed by atoms with Crippen LogP contribution in [-0.4, -0.2) is 37.6 Å². The Morgan fingerprint density at radius 1 is 1.38 bits per heavy atom. The summed E-state index contributed by atoms with van der Waals surface area (Å²) in [5, 5.41) is 6.09. The highest BCUT2D eigenvalue weighted by atomic mass is 16.5. The molecule has 1 aliphatic rings. The Bertz CT molecular complexity index is 525. The van der Waals surface area contributed by atoms with Crippen molar-refractivity contribution in [2.45, 2.75) is 25.0 Å². The number of benzene rings is 1. The van der Waals surface area contributed by atoms with Gasteiger partial charge in [0, 0.05) is 19.2 Å². The van der Waals surface area contributed by atoms with E-state index in [4.69, 9.17) is 10.5 Å². The Morgan fingerprint density at radius 3 is 2.71 bits per heavy atom. The van der Waals surface area contributed by atoms with Gasteiger partial charge in [-0.15, -0.1) is 0 Å². The molecule has 0 aromatic heterocycles. The smallest absolute Gasteiger partial charge is 0.252 e. The van der Waals surface area contributed by atoms with E-state index in [2.05, 4.69) is 10.6 Å². The van der Waals surface area contributed by atoms with Crippen molar-refractivity contribution in [3.05, 3.63) is 35.4 Å². The van der Waals surface area contributed by atoms with E-state index in [0.717, 1.165) is 18.7 Å². The maximum Gasteiger partial charge on any atom is 0.252 e. The van der Waals surface area contributed by atoms with E-state index in [-0.39, 0.29) is 5.91 Å². The number of methoxy groups -OCH3 is 1. The average molecular weight is 291 g/mol. The fourth-order valence-electron chi connectivity index (χ4n) is 2.53. The van der Waals surface area contributed by atoms with E-state index in [1.807, 2.05) is 6.07 Å². The number of hydrogen-bond donors (Lipinski definition) is 3. The molecule has 2 amide bonds. The lowest BCUT2D eigenvalue weighted by atomic mass is 9.91. The van der Waals surface area contributed by atoms with Crippen LogP contribution in [-0.2, 0) is 16.1 Å². The third-order valence-corrected chi connectivity index (χ3v) is 3.88. The first-order valence-corrected chi connectivity index (χ1v) is 7.00. The second-order valence-corrected chi connectivity index (χ2v) is 5.20. The molecule has 114 valence electrons. The monoisotopic (exact) mass is 291 g/mol. The average Bonchev–Trinajstić information content (AvgIpc) is 2.53. The second kappa shape index (κ2) is 6.69. The SMILES string of the molecule is COC1(C(=O)NCc2cccc(C(N)=O)c2)CCNCC1. The fraction of sp³-hybridized carbons (Fsp3) is 0.467. The predicted octanol–water partition coefficient (Wildman–Crippen LogP) is 0.170. The number of hydrogen-bond acceptors (Lipinski definition) is 4. The summed E-state index contributed by atoms with van der Waals surface area (Å²) in [5.74, 6) is -0.592. The Labute approximate surface area is 124 Å². The number of ether oxygens (including phenoxy) is 1. The minimum atomic E-state index is -0.757. The lowest BCUT2D eigenvalue weighted by Gasteiger charge is -2.34. The molecule has 1 saturated heterocycles. The first-order chi connectivity index (χ1) is 10.1. The Kier molecular flexibility index (Phi) is 4.93. The summed E-state index contributed by atoms with van der Waals surface area (Å²) in [5.41, 5.74) is 5.76. The van der Waals surface area contributed by atoms with E-state index in [1.54, 1.807) is 25.3 Å². The molecule has 1 aromatic rings. The molecule has 21 heavy (non-hydrogen) atoms. The van der Waals surface area contributed by atoms with E-state index >= 15 is 0 Å². The molecule has 1 aliphatic heterocycles. The van der Waals surface area contributed by atoms with Gasteiger partial charge in [-0.2, -0.15) is 0 Å². The number of rotatable bonds is 5. The van der Waals surface area contributed by atoms with Crippen LogP contribution in [0.15, 0.2) is 24.3 Å². The van der Waals surface area contributed by atoms with Gasteiger partial charge in [-0.1, -0.05) is 12.1 Å². The highest BCUT2D eigenvalue weighted by molar-refractivity contribution is 5.93. The Morgan fingerprint density at radius 2 is 2.10 bits per heavy atom. The molecule has 0 aliphatic carbocycles. The number of piperidine rings is 1. The molecule has 0 unspecified atom stereocenters. The molecular formula is C15H21N3O3. The number of carbonyl (C=O) groups is 2. The van der Waals surface area contributed by atoms with Gasteiger partial charge < -0.3 is 21.1 Å². The van der Waals surface area contributed by atoms with E-state index < -0.39 is 11.5 Å². The molecule has 0 spiro atoms. The van der Waals surface area contributed by atoms with Crippen LogP contribution in [0, 0.1) is 0 Å². The summed E-state index contributed by atoms with van der Waals surface area (Å²) in [7, 11) is 1.57. The standard InChI is InChI=1S/C15H21N3O3/c1-21-15(5-7-17-8-6-15)14(20)18-10-11-3-2-4-12(9-11)13(16)19/h2-4,9,17H,5-8,10H2,1H3,(H2,16,19)(H,18,20). The summed E-state index contributed by atoms with van der Waals surface area (Å²) in [6.45, 7) is 1.87. The van der Waals surface area contributed by atoms with E-state index in [9.17, 15) is 9.59 Å². The summed E-state index contributed by atoms with van der Waals surface area (Å²) in [6.07, 6.45) is 1.30. The van der Waals surface area contributed by atoms with Gasteiger partial charge in [-0.3, -0.25) is 9.59 Å². The van der Waals surface area contributed by atoms with Gasteiger partial charge in [0.15, 0.2) is 0 Å². The zero-order valence-electron chi connectivity index (χ0n) is 12.1. The molecule has 0 bridgehead atoms. The van der Waals surface area contributed by atoms with Crippen LogP contribution >= 0.6 is 0 Å². The van der Waals surface area contributed by atoms with Crippen molar-refractivity contribution in [1.82, 2.24) is 10.6 Å². The Hall–Kier alpha value is -1.92. The van der Waals surface area contributed by atoms with Crippen molar-refractivity contribution >= 4 is 11.8 Å². The highest BCUT2D eigenvalue weighted by Gasteiger charge is 2.39.